The van der Waals surface area contributed by atoms with Crippen LogP contribution in [0.1, 0.15) is 48.0 Å². The molecule has 28 heavy (non-hydrogen) atoms. The molecule has 2 aromatic rings. The van der Waals surface area contributed by atoms with Gasteiger partial charge in [-0.2, -0.15) is 4.99 Å². The highest BCUT2D eigenvalue weighted by molar-refractivity contribution is 6.10. The number of rotatable bonds is 4. The van der Waals surface area contributed by atoms with E-state index >= 15 is 0 Å². The van der Waals surface area contributed by atoms with Crippen molar-refractivity contribution in [2.24, 2.45) is 21.5 Å². The van der Waals surface area contributed by atoms with Crippen LogP contribution in [-0.4, -0.2) is 23.4 Å². The van der Waals surface area contributed by atoms with Crippen LogP contribution in [0.2, 0.25) is 0 Å². The first-order valence-corrected chi connectivity index (χ1v) is 9.75. The van der Waals surface area contributed by atoms with Crippen molar-refractivity contribution in [1.29, 1.82) is 0 Å². The third-order valence-corrected chi connectivity index (χ3v) is 5.50. The average molecular weight is 375 g/mol. The number of aliphatic imine (C=N–C) groups is 2. The zero-order valence-electron chi connectivity index (χ0n) is 15.8. The number of para-hydroxylation sites is 1. The second-order valence-electron chi connectivity index (χ2n) is 7.42. The second-order valence-corrected chi connectivity index (χ2v) is 7.42. The number of carbonyl (C=O) groups is 1. The number of guanidine groups is 2. The van der Waals surface area contributed by atoms with Gasteiger partial charge in [0.05, 0.1) is 5.69 Å². The molecule has 0 amide bonds. The molecule has 1 aliphatic heterocycles. The van der Waals surface area contributed by atoms with E-state index in [-0.39, 0.29) is 11.7 Å². The van der Waals surface area contributed by atoms with Crippen molar-refractivity contribution < 1.29 is 4.79 Å². The van der Waals surface area contributed by atoms with Gasteiger partial charge < -0.3 is 11.5 Å². The minimum absolute atomic E-state index is 0.0445. The van der Waals surface area contributed by atoms with E-state index in [2.05, 4.69) is 4.99 Å². The lowest BCUT2D eigenvalue weighted by Gasteiger charge is -2.46. The Kier molecular flexibility index (Phi) is 4.86. The number of Topliss-reactive ketones (excluding diaryl/α,β-unsaturated/α-hetero) is 1. The largest absolute Gasteiger partial charge is 0.369 e. The van der Waals surface area contributed by atoms with Gasteiger partial charge in [-0.15, -0.1) is 0 Å². The van der Waals surface area contributed by atoms with Gasteiger partial charge in [-0.1, -0.05) is 48.9 Å². The van der Waals surface area contributed by atoms with E-state index in [1.54, 1.807) is 0 Å². The molecule has 1 saturated carbocycles. The molecule has 6 nitrogen and oxygen atoms in total. The number of hydrogen-bond acceptors (Lipinski definition) is 6. The minimum atomic E-state index is -0.558. The van der Waals surface area contributed by atoms with Crippen molar-refractivity contribution in [1.82, 2.24) is 0 Å². The van der Waals surface area contributed by atoms with Crippen LogP contribution in [0, 0.1) is 0 Å². The van der Waals surface area contributed by atoms with Crippen molar-refractivity contribution in [3.8, 4) is 0 Å². The molecule has 0 atom stereocenters. The Morgan fingerprint density at radius 3 is 2.39 bits per heavy atom. The molecule has 6 heteroatoms. The number of ketones is 1. The molecule has 0 saturated heterocycles. The van der Waals surface area contributed by atoms with Crippen molar-refractivity contribution in [3.63, 3.8) is 0 Å². The second kappa shape index (κ2) is 7.46. The molecule has 4 N–H and O–H groups in total. The topological polar surface area (TPSA) is 97.1 Å². The molecule has 4 rings (SSSR count). The van der Waals surface area contributed by atoms with E-state index in [4.69, 9.17) is 16.5 Å². The van der Waals surface area contributed by atoms with Gasteiger partial charge in [0.15, 0.2) is 5.78 Å². The minimum Gasteiger partial charge on any atom is -0.369 e. The monoisotopic (exact) mass is 375 g/mol. The molecular formula is C22H25N5O. The highest BCUT2D eigenvalue weighted by atomic mass is 16.1. The SMILES string of the molecule is NC1=NC2(CCCCC2)N(c2ccccc2C(=O)Cc2ccccc2)C(N)=N1. The molecule has 0 unspecified atom stereocenters. The standard InChI is InChI=1S/C22H25N5O/c23-20-25-21(24)27(22(26-20)13-7-2-8-14-22)18-12-6-5-11-17(18)19(28)15-16-9-3-1-4-10-16/h1,3-6,9-12H,2,7-8,13-15H2,(H4,23,24,25,26). The normalized spacial score (nSPS) is 18.5. The molecule has 144 valence electrons. The van der Waals surface area contributed by atoms with Crippen LogP contribution in [0.4, 0.5) is 5.69 Å². The maximum absolute atomic E-state index is 13.2. The summed E-state index contributed by atoms with van der Waals surface area (Å²) in [7, 11) is 0. The van der Waals surface area contributed by atoms with Gasteiger partial charge in [-0.05, 0) is 43.4 Å². The number of anilines is 1. The molecule has 1 fully saturated rings. The summed E-state index contributed by atoms with van der Waals surface area (Å²) in [4.78, 5) is 24.0. The van der Waals surface area contributed by atoms with E-state index in [9.17, 15) is 4.79 Å². The predicted octanol–water partition coefficient (Wildman–Crippen LogP) is 3.22. The smallest absolute Gasteiger partial charge is 0.220 e. The molecule has 0 radical (unpaired) electrons. The summed E-state index contributed by atoms with van der Waals surface area (Å²) in [6, 6.07) is 17.3. The number of benzene rings is 2. The summed E-state index contributed by atoms with van der Waals surface area (Å²) in [5, 5.41) is 0. The third kappa shape index (κ3) is 3.38. The first-order chi connectivity index (χ1) is 13.6. The average Bonchev–Trinajstić information content (AvgIpc) is 2.69. The first-order valence-electron chi connectivity index (χ1n) is 9.75. The van der Waals surface area contributed by atoms with E-state index in [1.165, 1.54) is 0 Å². The Balaban J connectivity index is 1.74. The predicted molar refractivity (Wildman–Crippen MR) is 112 cm³/mol. The van der Waals surface area contributed by atoms with Crippen molar-refractivity contribution in [3.05, 3.63) is 65.7 Å². The highest BCUT2D eigenvalue weighted by Crippen LogP contribution is 2.40. The fourth-order valence-corrected chi connectivity index (χ4v) is 4.25. The lowest BCUT2D eigenvalue weighted by Crippen LogP contribution is -2.58. The van der Waals surface area contributed by atoms with Gasteiger partial charge in [-0.3, -0.25) is 9.69 Å². The summed E-state index contributed by atoms with van der Waals surface area (Å²) in [5.74, 6) is 0.557. The Hall–Kier alpha value is -3.15. The summed E-state index contributed by atoms with van der Waals surface area (Å²) >= 11 is 0. The number of nitrogens with two attached hydrogens (primary N) is 2. The third-order valence-electron chi connectivity index (χ3n) is 5.50. The van der Waals surface area contributed by atoms with Crippen LogP contribution in [0.5, 0.6) is 0 Å². The molecule has 1 aliphatic carbocycles. The summed E-state index contributed by atoms with van der Waals surface area (Å²) in [5.41, 5.74) is 14.1. The van der Waals surface area contributed by atoms with Gasteiger partial charge in [-0.25, -0.2) is 4.99 Å². The van der Waals surface area contributed by atoms with Crippen LogP contribution >= 0.6 is 0 Å². The summed E-state index contributed by atoms with van der Waals surface area (Å²) in [6.45, 7) is 0. The van der Waals surface area contributed by atoms with Crippen molar-refractivity contribution in [2.45, 2.75) is 44.2 Å². The Bertz CT molecular complexity index is 929. The van der Waals surface area contributed by atoms with Crippen LogP contribution in [0.15, 0.2) is 64.6 Å². The molecule has 1 spiro atoms. The Labute approximate surface area is 165 Å². The quantitative estimate of drug-likeness (QED) is 0.802. The summed E-state index contributed by atoms with van der Waals surface area (Å²) < 4.78 is 0. The zero-order valence-corrected chi connectivity index (χ0v) is 15.8. The fourth-order valence-electron chi connectivity index (χ4n) is 4.25. The zero-order chi connectivity index (χ0) is 19.6. The Morgan fingerprint density at radius 1 is 0.964 bits per heavy atom. The van der Waals surface area contributed by atoms with E-state index in [0.717, 1.165) is 43.4 Å². The molecule has 0 aromatic heterocycles. The Morgan fingerprint density at radius 2 is 1.64 bits per heavy atom. The van der Waals surface area contributed by atoms with Gasteiger partial charge in [0.25, 0.3) is 0 Å². The van der Waals surface area contributed by atoms with E-state index < -0.39 is 5.66 Å². The van der Waals surface area contributed by atoms with Gasteiger partial charge in [0.1, 0.15) is 5.66 Å². The van der Waals surface area contributed by atoms with Crippen molar-refractivity contribution >= 4 is 23.4 Å². The van der Waals surface area contributed by atoms with E-state index in [0.29, 0.717) is 17.9 Å². The number of hydrogen-bond donors (Lipinski definition) is 2. The molecule has 1 heterocycles. The lowest BCUT2D eigenvalue weighted by molar-refractivity contribution is 0.0993. The maximum atomic E-state index is 13.2. The first kappa shape index (κ1) is 18.2. The lowest BCUT2D eigenvalue weighted by atomic mass is 9.86. The summed E-state index contributed by atoms with van der Waals surface area (Å²) in [6.07, 6.45) is 5.26. The number of carbonyl (C=O) groups excluding carboxylic acids is 1. The molecule has 2 aromatic carbocycles. The molecule has 2 aliphatic rings. The van der Waals surface area contributed by atoms with Gasteiger partial charge in [0, 0.05) is 12.0 Å². The maximum Gasteiger partial charge on any atom is 0.220 e. The van der Waals surface area contributed by atoms with E-state index in [1.807, 2.05) is 59.5 Å². The van der Waals surface area contributed by atoms with Crippen LogP contribution < -0.4 is 16.4 Å². The fraction of sp³-hybridized carbons (Fsp3) is 0.318. The van der Waals surface area contributed by atoms with Crippen LogP contribution in [0.25, 0.3) is 0 Å². The molecular weight excluding hydrogens is 350 g/mol. The number of nitrogens with zero attached hydrogens (tertiary/aromatic N) is 3. The van der Waals surface area contributed by atoms with Gasteiger partial charge in [0.2, 0.25) is 11.9 Å². The van der Waals surface area contributed by atoms with Crippen LogP contribution in [-0.2, 0) is 6.42 Å². The van der Waals surface area contributed by atoms with Gasteiger partial charge >= 0.3 is 0 Å². The highest BCUT2D eigenvalue weighted by Gasteiger charge is 2.43. The van der Waals surface area contributed by atoms with Crippen molar-refractivity contribution in [2.75, 3.05) is 4.90 Å². The molecule has 0 bridgehead atoms. The van der Waals surface area contributed by atoms with Crippen LogP contribution in [0.3, 0.4) is 0 Å².